The van der Waals surface area contributed by atoms with E-state index >= 15 is 0 Å². The Morgan fingerprint density at radius 3 is 2.65 bits per heavy atom. The zero-order valence-electron chi connectivity index (χ0n) is 12.9. The van der Waals surface area contributed by atoms with Gasteiger partial charge in [0.1, 0.15) is 5.75 Å². The van der Waals surface area contributed by atoms with E-state index in [4.69, 9.17) is 0 Å². The lowest BCUT2D eigenvalue weighted by Crippen LogP contribution is -2.35. The molecule has 2 nitrogen and oxygen atoms in total. The topological polar surface area (TPSA) is 32.3 Å². The molecule has 0 aliphatic heterocycles. The number of nitrogens with one attached hydrogen (secondary N) is 1. The summed E-state index contributed by atoms with van der Waals surface area (Å²) in [6, 6.07) is 8.28. The average molecular weight is 275 g/mol. The van der Waals surface area contributed by atoms with Crippen molar-refractivity contribution < 1.29 is 5.11 Å². The Hall–Kier alpha value is -1.02. The van der Waals surface area contributed by atoms with E-state index in [-0.39, 0.29) is 0 Å². The number of phenols is 1. The molecule has 2 unspecified atom stereocenters. The SMILES string of the molecule is CC(C)CC1CCCC(NCCc2ccc(O)cc2)C1. The van der Waals surface area contributed by atoms with Crippen LogP contribution in [0.25, 0.3) is 0 Å². The fourth-order valence-corrected chi connectivity index (χ4v) is 3.44. The van der Waals surface area contributed by atoms with Gasteiger partial charge in [0.15, 0.2) is 0 Å². The molecule has 0 amide bonds. The summed E-state index contributed by atoms with van der Waals surface area (Å²) in [5, 5.41) is 13.0. The number of hydrogen-bond donors (Lipinski definition) is 2. The van der Waals surface area contributed by atoms with Crippen molar-refractivity contribution in [3.05, 3.63) is 29.8 Å². The van der Waals surface area contributed by atoms with E-state index < -0.39 is 0 Å². The van der Waals surface area contributed by atoms with Crippen molar-refractivity contribution in [2.45, 2.75) is 58.4 Å². The van der Waals surface area contributed by atoms with Gasteiger partial charge < -0.3 is 10.4 Å². The minimum Gasteiger partial charge on any atom is -0.508 e. The summed E-state index contributed by atoms with van der Waals surface area (Å²) < 4.78 is 0. The zero-order valence-corrected chi connectivity index (χ0v) is 12.9. The molecule has 1 saturated carbocycles. The Labute approximate surface area is 123 Å². The van der Waals surface area contributed by atoms with E-state index in [2.05, 4.69) is 19.2 Å². The quantitative estimate of drug-likeness (QED) is 0.818. The number of rotatable bonds is 6. The minimum atomic E-state index is 0.352. The van der Waals surface area contributed by atoms with Crippen LogP contribution >= 0.6 is 0 Å². The van der Waals surface area contributed by atoms with E-state index in [1.165, 1.54) is 37.7 Å². The molecule has 1 aliphatic carbocycles. The van der Waals surface area contributed by atoms with Crippen molar-refractivity contribution in [3.8, 4) is 5.75 Å². The van der Waals surface area contributed by atoms with Gasteiger partial charge in [0.25, 0.3) is 0 Å². The van der Waals surface area contributed by atoms with Gasteiger partial charge in [-0.2, -0.15) is 0 Å². The van der Waals surface area contributed by atoms with Crippen LogP contribution in [0.2, 0.25) is 0 Å². The molecule has 0 spiro atoms. The highest BCUT2D eigenvalue weighted by molar-refractivity contribution is 5.25. The number of hydrogen-bond acceptors (Lipinski definition) is 2. The van der Waals surface area contributed by atoms with Crippen molar-refractivity contribution in [1.29, 1.82) is 0 Å². The molecule has 20 heavy (non-hydrogen) atoms. The Morgan fingerprint density at radius 1 is 1.20 bits per heavy atom. The summed E-state index contributed by atoms with van der Waals surface area (Å²) >= 11 is 0. The Balaban J connectivity index is 1.69. The monoisotopic (exact) mass is 275 g/mol. The Bertz CT molecular complexity index is 385. The number of benzene rings is 1. The third-order valence-corrected chi connectivity index (χ3v) is 4.37. The summed E-state index contributed by atoms with van der Waals surface area (Å²) in [6.45, 7) is 5.72. The fourth-order valence-electron chi connectivity index (χ4n) is 3.44. The van der Waals surface area contributed by atoms with E-state index in [1.807, 2.05) is 12.1 Å². The molecule has 1 aliphatic rings. The van der Waals surface area contributed by atoms with Crippen LogP contribution in [0.5, 0.6) is 5.75 Å². The molecule has 0 radical (unpaired) electrons. The molecule has 0 heterocycles. The van der Waals surface area contributed by atoms with Crippen LogP contribution in [0.3, 0.4) is 0 Å². The maximum atomic E-state index is 9.27. The van der Waals surface area contributed by atoms with E-state index in [9.17, 15) is 5.11 Å². The summed E-state index contributed by atoms with van der Waals surface area (Å²) in [5.41, 5.74) is 1.30. The molecule has 0 aromatic heterocycles. The van der Waals surface area contributed by atoms with Crippen molar-refractivity contribution in [1.82, 2.24) is 5.32 Å². The molecule has 2 N–H and O–H groups in total. The summed E-state index contributed by atoms with van der Waals surface area (Å²) in [6.07, 6.45) is 7.93. The molecule has 2 atom stereocenters. The lowest BCUT2D eigenvalue weighted by molar-refractivity contribution is 0.253. The third kappa shape index (κ3) is 5.16. The van der Waals surface area contributed by atoms with Gasteiger partial charge in [0.05, 0.1) is 0 Å². The van der Waals surface area contributed by atoms with Gasteiger partial charge in [0.2, 0.25) is 0 Å². The van der Waals surface area contributed by atoms with Crippen molar-refractivity contribution in [3.63, 3.8) is 0 Å². The molecular formula is C18H29NO. The largest absolute Gasteiger partial charge is 0.508 e. The molecular weight excluding hydrogens is 246 g/mol. The van der Waals surface area contributed by atoms with Crippen LogP contribution in [0.15, 0.2) is 24.3 Å². The molecule has 0 bridgehead atoms. The predicted octanol–water partition coefficient (Wildman–Crippen LogP) is 4.13. The van der Waals surface area contributed by atoms with Crippen LogP contribution in [0.1, 0.15) is 51.5 Å². The van der Waals surface area contributed by atoms with Gasteiger partial charge in [-0.1, -0.05) is 38.8 Å². The first kappa shape index (κ1) is 15.4. The first-order valence-corrected chi connectivity index (χ1v) is 8.14. The number of phenolic OH excluding ortho intramolecular Hbond substituents is 1. The summed E-state index contributed by atoms with van der Waals surface area (Å²) in [4.78, 5) is 0. The van der Waals surface area contributed by atoms with Crippen LogP contribution in [0.4, 0.5) is 0 Å². The van der Waals surface area contributed by atoms with E-state index in [0.29, 0.717) is 11.8 Å². The first-order chi connectivity index (χ1) is 9.63. The standard InChI is InChI=1S/C18H29NO/c1-14(2)12-16-4-3-5-17(13-16)19-11-10-15-6-8-18(20)9-7-15/h6-9,14,16-17,19-20H,3-5,10-13H2,1-2H3. The van der Waals surface area contributed by atoms with Crippen molar-refractivity contribution in [2.75, 3.05) is 6.54 Å². The highest BCUT2D eigenvalue weighted by atomic mass is 16.3. The maximum absolute atomic E-state index is 9.27. The smallest absolute Gasteiger partial charge is 0.115 e. The predicted molar refractivity (Wildman–Crippen MR) is 85.0 cm³/mol. The van der Waals surface area contributed by atoms with Crippen LogP contribution < -0.4 is 5.32 Å². The second-order valence-electron chi connectivity index (χ2n) is 6.73. The highest BCUT2D eigenvalue weighted by Crippen LogP contribution is 2.29. The van der Waals surface area contributed by atoms with Crippen LogP contribution in [-0.2, 0) is 6.42 Å². The van der Waals surface area contributed by atoms with Crippen LogP contribution in [-0.4, -0.2) is 17.7 Å². The van der Waals surface area contributed by atoms with Gasteiger partial charge >= 0.3 is 0 Å². The molecule has 112 valence electrons. The second-order valence-corrected chi connectivity index (χ2v) is 6.73. The van der Waals surface area contributed by atoms with E-state index in [1.54, 1.807) is 12.1 Å². The Morgan fingerprint density at radius 2 is 1.95 bits per heavy atom. The molecule has 1 aromatic rings. The van der Waals surface area contributed by atoms with Gasteiger partial charge in [-0.3, -0.25) is 0 Å². The maximum Gasteiger partial charge on any atom is 0.115 e. The first-order valence-electron chi connectivity index (χ1n) is 8.14. The van der Waals surface area contributed by atoms with Gasteiger partial charge in [-0.25, -0.2) is 0 Å². The fraction of sp³-hybridized carbons (Fsp3) is 0.667. The lowest BCUT2D eigenvalue weighted by atomic mass is 9.81. The molecule has 1 fully saturated rings. The molecule has 2 rings (SSSR count). The lowest BCUT2D eigenvalue weighted by Gasteiger charge is -2.31. The van der Waals surface area contributed by atoms with E-state index in [0.717, 1.165) is 24.8 Å². The Kier molecular flexibility index (Phi) is 5.90. The summed E-state index contributed by atoms with van der Waals surface area (Å²) in [5.74, 6) is 2.11. The third-order valence-electron chi connectivity index (χ3n) is 4.37. The summed E-state index contributed by atoms with van der Waals surface area (Å²) in [7, 11) is 0. The van der Waals surface area contributed by atoms with Crippen molar-refractivity contribution in [2.24, 2.45) is 11.8 Å². The van der Waals surface area contributed by atoms with Gasteiger partial charge in [-0.05, 0) is 61.8 Å². The van der Waals surface area contributed by atoms with Crippen molar-refractivity contribution >= 4 is 0 Å². The van der Waals surface area contributed by atoms with Crippen LogP contribution in [0, 0.1) is 11.8 Å². The molecule has 2 heteroatoms. The second kappa shape index (κ2) is 7.68. The van der Waals surface area contributed by atoms with Gasteiger partial charge in [0, 0.05) is 6.04 Å². The molecule has 0 saturated heterocycles. The minimum absolute atomic E-state index is 0.352. The molecule has 1 aromatic carbocycles. The highest BCUT2D eigenvalue weighted by Gasteiger charge is 2.21. The average Bonchev–Trinajstić information content (AvgIpc) is 2.41. The normalized spacial score (nSPS) is 23.1. The number of aromatic hydroxyl groups is 1. The van der Waals surface area contributed by atoms with Gasteiger partial charge in [-0.15, -0.1) is 0 Å². The zero-order chi connectivity index (χ0) is 14.4.